The molecule has 3 heterocycles. The third kappa shape index (κ3) is 3.05. The van der Waals surface area contributed by atoms with E-state index < -0.39 is 0 Å². The summed E-state index contributed by atoms with van der Waals surface area (Å²) in [6, 6.07) is 9.25. The largest absolute Gasteiger partial charge is 0.493 e. The minimum Gasteiger partial charge on any atom is -0.493 e. The standard InChI is InChI=1S/C16H14N4O3S/c21-14(11-3-4-15-12(8-11)5-7-23-15)10-24-16-17-18-19-20(16)9-13-2-1-6-22-13/h1-4,6,8H,5,7,9-10H2. The molecule has 8 heteroatoms. The van der Waals surface area contributed by atoms with E-state index in [1.165, 1.54) is 11.8 Å². The van der Waals surface area contributed by atoms with Crippen molar-refractivity contribution in [2.75, 3.05) is 12.4 Å². The predicted molar refractivity (Wildman–Crippen MR) is 86.3 cm³/mol. The Labute approximate surface area is 142 Å². The molecular weight excluding hydrogens is 328 g/mol. The van der Waals surface area contributed by atoms with Crippen molar-refractivity contribution in [2.24, 2.45) is 0 Å². The summed E-state index contributed by atoms with van der Waals surface area (Å²) in [7, 11) is 0. The Bertz CT molecular complexity index is 860. The lowest BCUT2D eigenvalue weighted by atomic mass is 10.1. The molecule has 2 aromatic heterocycles. The fourth-order valence-electron chi connectivity index (χ4n) is 2.52. The van der Waals surface area contributed by atoms with E-state index in [0.29, 0.717) is 23.9 Å². The fraction of sp³-hybridized carbons (Fsp3) is 0.250. The Kier molecular flexibility index (Phi) is 4.04. The summed E-state index contributed by atoms with van der Waals surface area (Å²) in [5, 5.41) is 12.2. The van der Waals surface area contributed by atoms with Gasteiger partial charge in [0, 0.05) is 12.0 Å². The van der Waals surface area contributed by atoms with E-state index in [1.807, 2.05) is 24.3 Å². The Morgan fingerprint density at radius 1 is 1.33 bits per heavy atom. The summed E-state index contributed by atoms with van der Waals surface area (Å²) in [6.45, 7) is 1.12. The zero-order valence-corrected chi connectivity index (χ0v) is 13.5. The molecule has 1 aliphatic rings. The third-order valence-corrected chi connectivity index (χ3v) is 4.69. The lowest BCUT2D eigenvalue weighted by Crippen LogP contribution is -2.07. The zero-order valence-electron chi connectivity index (χ0n) is 12.7. The Balaban J connectivity index is 1.42. The van der Waals surface area contributed by atoms with E-state index in [-0.39, 0.29) is 11.5 Å². The van der Waals surface area contributed by atoms with Crippen LogP contribution in [0.1, 0.15) is 21.7 Å². The van der Waals surface area contributed by atoms with Crippen LogP contribution in [0.5, 0.6) is 5.75 Å². The number of ether oxygens (including phenoxy) is 1. The summed E-state index contributed by atoms with van der Waals surface area (Å²) in [5.74, 6) is 1.95. The minimum absolute atomic E-state index is 0.0437. The number of carbonyl (C=O) groups is 1. The van der Waals surface area contributed by atoms with E-state index in [4.69, 9.17) is 9.15 Å². The van der Waals surface area contributed by atoms with Gasteiger partial charge in [0.2, 0.25) is 5.16 Å². The van der Waals surface area contributed by atoms with E-state index >= 15 is 0 Å². The summed E-state index contributed by atoms with van der Waals surface area (Å²) in [4.78, 5) is 12.4. The molecule has 1 aromatic carbocycles. The first-order chi connectivity index (χ1) is 11.8. The summed E-state index contributed by atoms with van der Waals surface area (Å²) in [6.07, 6.45) is 2.46. The number of thioether (sulfide) groups is 1. The van der Waals surface area contributed by atoms with Gasteiger partial charge in [0.1, 0.15) is 18.1 Å². The zero-order chi connectivity index (χ0) is 16.4. The number of hydrogen-bond acceptors (Lipinski definition) is 7. The maximum Gasteiger partial charge on any atom is 0.210 e. The van der Waals surface area contributed by atoms with Crippen LogP contribution < -0.4 is 4.74 Å². The lowest BCUT2D eigenvalue weighted by molar-refractivity contribution is 0.102. The van der Waals surface area contributed by atoms with Crippen LogP contribution in [0.25, 0.3) is 0 Å². The van der Waals surface area contributed by atoms with E-state index in [9.17, 15) is 4.79 Å². The fourth-order valence-corrected chi connectivity index (χ4v) is 3.29. The predicted octanol–water partition coefficient (Wildman–Crippen LogP) is 2.22. The van der Waals surface area contributed by atoms with E-state index in [2.05, 4.69) is 15.5 Å². The van der Waals surface area contributed by atoms with Gasteiger partial charge in [0.15, 0.2) is 5.78 Å². The topological polar surface area (TPSA) is 83.0 Å². The van der Waals surface area contributed by atoms with Gasteiger partial charge in [-0.05, 0) is 46.3 Å². The highest BCUT2D eigenvalue weighted by atomic mass is 32.2. The van der Waals surface area contributed by atoms with Gasteiger partial charge in [-0.2, -0.15) is 0 Å². The smallest absolute Gasteiger partial charge is 0.210 e. The second-order valence-electron chi connectivity index (χ2n) is 5.33. The number of hydrogen-bond donors (Lipinski definition) is 0. The molecule has 0 radical (unpaired) electrons. The summed E-state index contributed by atoms with van der Waals surface area (Å²) < 4.78 is 12.4. The van der Waals surface area contributed by atoms with Gasteiger partial charge >= 0.3 is 0 Å². The number of fused-ring (bicyclic) bond motifs is 1. The van der Waals surface area contributed by atoms with Crippen LogP contribution in [0.2, 0.25) is 0 Å². The Morgan fingerprint density at radius 2 is 2.29 bits per heavy atom. The van der Waals surface area contributed by atoms with Crippen LogP contribution in [0, 0.1) is 0 Å². The van der Waals surface area contributed by atoms with Crippen molar-refractivity contribution in [3.8, 4) is 5.75 Å². The number of Topliss-reactive ketones (excluding diaryl/α,β-unsaturated/α-hetero) is 1. The number of tetrazole rings is 1. The molecule has 0 saturated carbocycles. The maximum atomic E-state index is 12.4. The monoisotopic (exact) mass is 342 g/mol. The lowest BCUT2D eigenvalue weighted by Gasteiger charge is -2.04. The third-order valence-electron chi connectivity index (χ3n) is 3.73. The Hall–Kier alpha value is -2.61. The van der Waals surface area contributed by atoms with Gasteiger partial charge in [0.25, 0.3) is 0 Å². The van der Waals surface area contributed by atoms with Gasteiger partial charge in [0.05, 0.1) is 18.6 Å². The molecule has 0 aliphatic carbocycles. The van der Waals surface area contributed by atoms with Crippen molar-refractivity contribution in [3.05, 3.63) is 53.5 Å². The summed E-state index contributed by atoms with van der Waals surface area (Å²) >= 11 is 1.32. The molecule has 0 bridgehead atoms. The summed E-state index contributed by atoms with van der Waals surface area (Å²) in [5.41, 5.74) is 1.78. The van der Waals surface area contributed by atoms with Crippen molar-refractivity contribution in [1.82, 2.24) is 20.2 Å². The molecular formula is C16H14N4O3S. The minimum atomic E-state index is 0.0437. The number of benzene rings is 1. The molecule has 0 fully saturated rings. The number of nitrogens with zero attached hydrogens (tertiary/aromatic N) is 4. The highest BCUT2D eigenvalue weighted by Gasteiger charge is 2.16. The normalized spacial score (nSPS) is 12.8. The van der Waals surface area contributed by atoms with Crippen molar-refractivity contribution in [1.29, 1.82) is 0 Å². The number of rotatable bonds is 6. The quantitative estimate of drug-likeness (QED) is 0.502. The molecule has 24 heavy (non-hydrogen) atoms. The maximum absolute atomic E-state index is 12.4. The van der Waals surface area contributed by atoms with E-state index in [1.54, 1.807) is 17.0 Å². The number of furan rings is 1. The molecule has 7 nitrogen and oxygen atoms in total. The average Bonchev–Trinajstić information content (AvgIpc) is 3.34. The van der Waals surface area contributed by atoms with Crippen LogP contribution in [0.4, 0.5) is 0 Å². The number of aromatic nitrogens is 4. The van der Waals surface area contributed by atoms with Gasteiger partial charge < -0.3 is 9.15 Å². The molecule has 3 aromatic rings. The van der Waals surface area contributed by atoms with Crippen LogP contribution >= 0.6 is 11.8 Å². The first kappa shape index (κ1) is 14.9. The first-order valence-corrected chi connectivity index (χ1v) is 8.48. The number of carbonyl (C=O) groups excluding carboxylic acids is 1. The first-order valence-electron chi connectivity index (χ1n) is 7.50. The second kappa shape index (κ2) is 6.48. The molecule has 0 spiro atoms. The van der Waals surface area contributed by atoms with Crippen LogP contribution in [-0.4, -0.2) is 38.4 Å². The molecule has 0 amide bonds. The molecule has 0 atom stereocenters. The van der Waals surface area contributed by atoms with Crippen molar-refractivity contribution >= 4 is 17.5 Å². The van der Waals surface area contributed by atoms with Crippen LogP contribution in [0.3, 0.4) is 0 Å². The second-order valence-corrected chi connectivity index (χ2v) is 6.27. The molecule has 4 rings (SSSR count). The van der Waals surface area contributed by atoms with E-state index in [0.717, 1.165) is 23.5 Å². The van der Waals surface area contributed by atoms with Crippen molar-refractivity contribution in [2.45, 2.75) is 18.1 Å². The number of ketones is 1. The molecule has 0 N–H and O–H groups in total. The molecule has 0 unspecified atom stereocenters. The molecule has 0 saturated heterocycles. The van der Waals surface area contributed by atoms with Crippen LogP contribution in [-0.2, 0) is 13.0 Å². The SMILES string of the molecule is O=C(CSc1nnnn1Cc1ccco1)c1ccc2c(c1)CCO2. The van der Waals surface area contributed by atoms with Crippen LogP contribution in [0.15, 0.2) is 46.2 Å². The van der Waals surface area contributed by atoms with Gasteiger partial charge in [-0.1, -0.05) is 11.8 Å². The molecule has 1 aliphatic heterocycles. The average molecular weight is 342 g/mol. The van der Waals surface area contributed by atoms with Crippen molar-refractivity contribution in [3.63, 3.8) is 0 Å². The van der Waals surface area contributed by atoms with Gasteiger partial charge in [-0.3, -0.25) is 4.79 Å². The van der Waals surface area contributed by atoms with Gasteiger partial charge in [-0.15, -0.1) is 5.10 Å². The highest BCUT2D eigenvalue weighted by Crippen LogP contribution is 2.26. The Morgan fingerprint density at radius 3 is 3.17 bits per heavy atom. The highest BCUT2D eigenvalue weighted by molar-refractivity contribution is 7.99. The molecule has 122 valence electrons. The van der Waals surface area contributed by atoms with Gasteiger partial charge in [-0.25, -0.2) is 4.68 Å². The van der Waals surface area contributed by atoms with Crippen molar-refractivity contribution < 1.29 is 13.9 Å².